The Morgan fingerprint density at radius 1 is 1.55 bits per heavy atom. The molecule has 2 unspecified atom stereocenters. The zero-order chi connectivity index (χ0) is 14.9. The van der Waals surface area contributed by atoms with Crippen LogP contribution >= 0.6 is 0 Å². The van der Waals surface area contributed by atoms with Gasteiger partial charge in [-0.2, -0.15) is 5.10 Å². The van der Waals surface area contributed by atoms with Gasteiger partial charge in [-0.1, -0.05) is 20.8 Å². The Labute approximate surface area is 120 Å². The van der Waals surface area contributed by atoms with Gasteiger partial charge in [-0.3, -0.25) is 9.48 Å². The molecule has 1 aliphatic heterocycles. The van der Waals surface area contributed by atoms with Crippen LogP contribution in [0.4, 0.5) is 0 Å². The van der Waals surface area contributed by atoms with Gasteiger partial charge in [-0.25, -0.2) is 0 Å². The van der Waals surface area contributed by atoms with Crippen molar-refractivity contribution in [3.05, 3.63) is 17.5 Å². The summed E-state index contributed by atoms with van der Waals surface area (Å²) >= 11 is 0. The maximum atomic E-state index is 12.7. The van der Waals surface area contributed by atoms with Crippen molar-refractivity contribution in [2.45, 2.75) is 52.7 Å². The van der Waals surface area contributed by atoms with Gasteiger partial charge in [0.15, 0.2) is 0 Å². The molecule has 1 amide bonds. The summed E-state index contributed by atoms with van der Waals surface area (Å²) in [5, 5.41) is 14.4. The Morgan fingerprint density at radius 2 is 2.25 bits per heavy atom. The number of hydrogen-bond acceptors (Lipinski definition) is 3. The molecule has 1 fully saturated rings. The minimum atomic E-state index is -0.420. The van der Waals surface area contributed by atoms with Crippen LogP contribution in [0.1, 0.15) is 56.1 Å². The van der Waals surface area contributed by atoms with E-state index in [1.54, 1.807) is 4.90 Å². The zero-order valence-corrected chi connectivity index (χ0v) is 12.8. The lowest BCUT2D eigenvalue weighted by atomic mass is 9.95. The highest BCUT2D eigenvalue weighted by molar-refractivity contribution is 5.95. The number of carbonyl (C=O) groups excluding carboxylic acids is 1. The third-order valence-corrected chi connectivity index (χ3v) is 4.10. The maximum Gasteiger partial charge on any atom is 0.257 e. The topological polar surface area (TPSA) is 58.4 Å². The van der Waals surface area contributed by atoms with E-state index < -0.39 is 6.10 Å². The van der Waals surface area contributed by atoms with Gasteiger partial charge < -0.3 is 10.0 Å². The number of carbonyl (C=O) groups is 1. The highest BCUT2D eigenvalue weighted by Crippen LogP contribution is 2.23. The summed E-state index contributed by atoms with van der Waals surface area (Å²) in [7, 11) is 0. The predicted octanol–water partition coefficient (Wildman–Crippen LogP) is 1.87. The molecule has 0 spiro atoms. The number of nitrogens with zero attached hydrogens (tertiary/aromatic N) is 3. The Bertz CT molecular complexity index is 481. The van der Waals surface area contributed by atoms with Crippen molar-refractivity contribution in [2.75, 3.05) is 13.1 Å². The van der Waals surface area contributed by atoms with Gasteiger partial charge in [0, 0.05) is 25.8 Å². The molecule has 2 rings (SSSR count). The Balaban J connectivity index is 2.22. The van der Waals surface area contributed by atoms with Gasteiger partial charge in [-0.05, 0) is 25.2 Å². The average molecular weight is 279 g/mol. The number of hydrogen-bond donors (Lipinski definition) is 1. The van der Waals surface area contributed by atoms with E-state index in [2.05, 4.69) is 5.10 Å². The van der Waals surface area contributed by atoms with E-state index in [0.717, 1.165) is 18.7 Å². The highest BCUT2D eigenvalue weighted by atomic mass is 16.3. The van der Waals surface area contributed by atoms with E-state index in [0.29, 0.717) is 18.7 Å². The Hall–Kier alpha value is -1.36. The van der Waals surface area contributed by atoms with Crippen LogP contribution in [0.3, 0.4) is 0 Å². The first-order valence-electron chi connectivity index (χ1n) is 7.48. The minimum absolute atomic E-state index is 0.000602. The van der Waals surface area contributed by atoms with Crippen LogP contribution < -0.4 is 0 Å². The van der Waals surface area contributed by atoms with Crippen molar-refractivity contribution >= 4 is 5.91 Å². The summed E-state index contributed by atoms with van der Waals surface area (Å²) < 4.78 is 1.81. The fourth-order valence-corrected chi connectivity index (χ4v) is 2.59. The van der Waals surface area contributed by atoms with Crippen molar-refractivity contribution in [1.82, 2.24) is 14.7 Å². The quantitative estimate of drug-likeness (QED) is 0.919. The predicted molar refractivity (Wildman–Crippen MR) is 77.7 cm³/mol. The first kappa shape index (κ1) is 15.0. The van der Waals surface area contributed by atoms with Crippen molar-refractivity contribution in [3.8, 4) is 0 Å². The van der Waals surface area contributed by atoms with Crippen LogP contribution in [0.25, 0.3) is 0 Å². The van der Waals surface area contributed by atoms with Gasteiger partial charge in [-0.15, -0.1) is 0 Å². The summed E-state index contributed by atoms with van der Waals surface area (Å²) in [6.07, 6.45) is 2.27. The highest BCUT2D eigenvalue weighted by Gasteiger charge is 2.30. The number of aromatic nitrogens is 2. The molecule has 5 nitrogen and oxygen atoms in total. The molecule has 1 aliphatic rings. The lowest BCUT2D eigenvalue weighted by molar-refractivity contribution is 0.0248. The fourth-order valence-electron chi connectivity index (χ4n) is 2.59. The maximum absolute atomic E-state index is 12.7. The summed E-state index contributed by atoms with van der Waals surface area (Å²) in [6, 6.07) is 0. The number of aliphatic hydroxyl groups is 1. The minimum Gasteiger partial charge on any atom is -0.391 e. The standard InChI is InChI=1S/C15H25N3O2/c1-5-18-8-12(14(16-18)10(2)3)15(20)17-7-6-11(4)13(19)9-17/h8,10-11,13,19H,5-7,9H2,1-4H3. The van der Waals surface area contributed by atoms with Crippen LogP contribution in [0.15, 0.2) is 6.20 Å². The lowest BCUT2D eigenvalue weighted by Crippen LogP contribution is -2.46. The van der Waals surface area contributed by atoms with Gasteiger partial charge in [0.1, 0.15) is 0 Å². The summed E-state index contributed by atoms with van der Waals surface area (Å²) in [5.74, 6) is 0.483. The monoisotopic (exact) mass is 279 g/mol. The molecule has 0 radical (unpaired) electrons. The molecule has 1 N–H and O–H groups in total. The lowest BCUT2D eigenvalue weighted by Gasteiger charge is -2.34. The van der Waals surface area contributed by atoms with Crippen molar-refractivity contribution < 1.29 is 9.90 Å². The third-order valence-electron chi connectivity index (χ3n) is 4.10. The van der Waals surface area contributed by atoms with Crippen LogP contribution in [0, 0.1) is 5.92 Å². The van der Waals surface area contributed by atoms with Gasteiger partial charge in [0.05, 0.1) is 17.4 Å². The molecular formula is C15H25N3O2. The second-order valence-electron chi connectivity index (χ2n) is 6.02. The van der Waals surface area contributed by atoms with Crippen molar-refractivity contribution in [2.24, 2.45) is 5.92 Å². The van der Waals surface area contributed by atoms with E-state index >= 15 is 0 Å². The Kier molecular flexibility index (Phi) is 4.48. The smallest absolute Gasteiger partial charge is 0.257 e. The molecule has 0 aromatic carbocycles. The summed E-state index contributed by atoms with van der Waals surface area (Å²) in [5.41, 5.74) is 1.54. The van der Waals surface area contributed by atoms with E-state index in [9.17, 15) is 9.90 Å². The Morgan fingerprint density at radius 3 is 2.80 bits per heavy atom. The van der Waals surface area contributed by atoms with Crippen LogP contribution in [0.2, 0.25) is 0 Å². The molecule has 1 aromatic heterocycles. The fraction of sp³-hybridized carbons (Fsp3) is 0.733. The zero-order valence-electron chi connectivity index (χ0n) is 12.8. The summed E-state index contributed by atoms with van der Waals surface area (Å²) in [6.45, 7) is 10.0. The number of piperidine rings is 1. The molecule has 0 aliphatic carbocycles. The average Bonchev–Trinajstić information content (AvgIpc) is 2.85. The molecule has 2 atom stereocenters. The first-order valence-corrected chi connectivity index (χ1v) is 7.48. The normalized spacial score (nSPS) is 23.4. The molecule has 20 heavy (non-hydrogen) atoms. The van der Waals surface area contributed by atoms with Gasteiger partial charge >= 0.3 is 0 Å². The number of amides is 1. The van der Waals surface area contributed by atoms with E-state index in [1.165, 1.54) is 0 Å². The number of likely N-dealkylation sites (tertiary alicyclic amines) is 1. The van der Waals surface area contributed by atoms with Crippen LogP contribution in [-0.2, 0) is 6.54 Å². The van der Waals surface area contributed by atoms with E-state index in [1.807, 2.05) is 38.6 Å². The molecule has 0 bridgehead atoms. The number of aliphatic hydroxyl groups excluding tert-OH is 1. The van der Waals surface area contributed by atoms with Crippen molar-refractivity contribution in [3.63, 3.8) is 0 Å². The first-order chi connectivity index (χ1) is 9.43. The third kappa shape index (κ3) is 2.87. The number of rotatable bonds is 3. The number of aryl methyl sites for hydroxylation is 1. The van der Waals surface area contributed by atoms with Gasteiger partial charge in [0.2, 0.25) is 0 Å². The van der Waals surface area contributed by atoms with E-state index in [4.69, 9.17) is 0 Å². The second-order valence-corrected chi connectivity index (χ2v) is 6.02. The molecule has 1 aromatic rings. The molecule has 2 heterocycles. The second kappa shape index (κ2) is 5.95. The molecule has 5 heteroatoms. The molecular weight excluding hydrogens is 254 g/mol. The van der Waals surface area contributed by atoms with Crippen LogP contribution in [-0.4, -0.2) is 44.9 Å². The largest absolute Gasteiger partial charge is 0.391 e. The van der Waals surface area contributed by atoms with Crippen LogP contribution in [0.5, 0.6) is 0 Å². The SMILES string of the molecule is CCn1cc(C(=O)N2CCC(C)C(O)C2)c(C(C)C)n1. The molecule has 112 valence electrons. The van der Waals surface area contributed by atoms with Gasteiger partial charge in [0.25, 0.3) is 5.91 Å². The molecule has 0 saturated carbocycles. The molecule has 1 saturated heterocycles. The summed E-state index contributed by atoms with van der Waals surface area (Å²) in [4.78, 5) is 14.4. The van der Waals surface area contributed by atoms with E-state index in [-0.39, 0.29) is 17.7 Å². The van der Waals surface area contributed by atoms with Crippen molar-refractivity contribution in [1.29, 1.82) is 0 Å². The number of β-amino-alcohol motifs (C(OH)–C–C–N with tert-alkyl or cyclic N) is 1.